The monoisotopic (exact) mass is 438 g/mol. The van der Waals surface area contributed by atoms with Gasteiger partial charge in [0.25, 0.3) is 0 Å². The minimum Gasteiger partial charge on any atom is -0.331 e. The van der Waals surface area contributed by atoms with Crippen LogP contribution < -0.4 is 21.5 Å². The largest absolute Gasteiger partial charge is 0.418 e. The van der Waals surface area contributed by atoms with E-state index in [1.807, 2.05) is 0 Å². The van der Waals surface area contributed by atoms with Crippen LogP contribution in [0.5, 0.6) is 0 Å². The third kappa shape index (κ3) is 5.96. The Balaban J connectivity index is 1.97. The zero-order valence-electron chi connectivity index (χ0n) is 13.7. The highest BCUT2D eigenvalue weighted by Gasteiger charge is 2.34. The van der Waals surface area contributed by atoms with E-state index in [0.717, 1.165) is 12.1 Å². The molecule has 2 aromatic carbocycles. The lowest BCUT2D eigenvalue weighted by Crippen LogP contribution is -2.45. The van der Waals surface area contributed by atoms with Gasteiger partial charge in [0.15, 0.2) is 10.2 Å². The standard InChI is InChI=1S/C16H12F6N4S2/c17-15(18,19)9-5-1-3-7-11(9)23-13(27)25-26-14(28)24-12-8-4-2-6-10(12)16(20,21)22/h1-8H,(H2,23,25,27)(H2,24,26,28). The van der Waals surface area contributed by atoms with Crippen LogP contribution >= 0.6 is 24.4 Å². The van der Waals surface area contributed by atoms with Crippen molar-refractivity contribution in [2.75, 3.05) is 10.6 Å². The Morgan fingerprint density at radius 1 is 0.607 bits per heavy atom. The van der Waals surface area contributed by atoms with E-state index in [9.17, 15) is 26.3 Å². The van der Waals surface area contributed by atoms with Crippen molar-refractivity contribution in [2.45, 2.75) is 12.4 Å². The van der Waals surface area contributed by atoms with E-state index in [1.165, 1.54) is 36.4 Å². The van der Waals surface area contributed by atoms with Gasteiger partial charge < -0.3 is 10.6 Å². The van der Waals surface area contributed by atoms with Gasteiger partial charge in [-0.05, 0) is 48.7 Å². The van der Waals surface area contributed by atoms with E-state index in [2.05, 4.69) is 21.5 Å². The van der Waals surface area contributed by atoms with Crippen molar-refractivity contribution in [3.8, 4) is 0 Å². The highest BCUT2D eigenvalue weighted by atomic mass is 32.1. The van der Waals surface area contributed by atoms with Gasteiger partial charge in [-0.3, -0.25) is 10.9 Å². The van der Waals surface area contributed by atoms with Gasteiger partial charge in [0, 0.05) is 0 Å². The van der Waals surface area contributed by atoms with Crippen molar-refractivity contribution in [1.82, 2.24) is 10.9 Å². The number of nitrogens with one attached hydrogen (secondary N) is 4. The molecule has 0 atom stereocenters. The summed E-state index contributed by atoms with van der Waals surface area (Å²) in [7, 11) is 0. The first-order valence-corrected chi connectivity index (χ1v) is 8.26. The summed E-state index contributed by atoms with van der Waals surface area (Å²) in [5, 5.41) is 4.14. The molecule has 2 aromatic rings. The molecular weight excluding hydrogens is 426 g/mol. The highest BCUT2D eigenvalue weighted by molar-refractivity contribution is 7.81. The topological polar surface area (TPSA) is 48.1 Å². The number of thiocarbonyl (C=S) groups is 2. The minimum atomic E-state index is -4.59. The number of rotatable bonds is 2. The number of hydrazine groups is 1. The van der Waals surface area contributed by atoms with E-state index in [0.29, 0.717) is 0 Å². The number of anilines is 2. The molecule has 150 valence electrons. The Hall–Kier alpha value is -2.60. The highest BCUT2D eigenvalue weighted by Crippen LogP contribution is 2.35. The second-order valence-corrected chi connectivity index (χ2v) is 6.06. The van der Waals surface area contributed by atoms with Crippen LogP contribution in [0.4, 0.5) is 37.7 Å². The van der Waals surface area contributed by atoms with Gasteiger partial charge in [-0.15, -0.1) is 0 Å². The molecular formula is C16H12F6N4S2. The molecule has 0 aromatic heterocycles. The Kier molecular flexibility index (Phi) is 6.67. The smallest absolute Gasteiger partial charge is 0.331 e. The first kappa shape index (κ1) is 21.7. The predicted molar refractivity (Wildman–Crippen MR) is 102 cm³/mol. The molecule has 0 radical (unpaired) electrons. The maximum atomic E-state index is 12.9. The minimum absolute atomic E-state index is 0.273. The van der Waals surface area contributed by atoms with Gasteiger partial charge in [-0.25, -0.2) is 0 Å². The van der Waals surface area contributed by atoms with Gasteiger partial charge in [-0.2, -0.15) is 26.3 Å². The van der Waals surface area contributed by atoms with Crippen LogP contribution in [0.15, 0.2) is 48.5 Å². The fourth-order valence-corrected chi connectivity index (χ4v) is 2.42. The lowest BCUT2D eigenvalue weighted by Gasteiger charge is -2.18. The van der Waals surface area contributed by atoms with Gasteiger partial charge in [-0.1, -0.05) is 24.3 Å². The molecule has 0 fully saturated rings. The SMILES string of the molecule is FC(F)(F)c1ccccc1NC(=S)NNC(=S)Nc1ccccc1C(F)(F)F. The van der Waals surface area contributed by atoms with E-state index in [4.69, 9.17) is 24.4 Å². The summed E-state index contributed by atoms with van der Waals surface area (Å²) in [5.74, 6) is 0. The summed E-state index contributed by atoms with van der Waals surface area (Å²) in [6, 6.07) is 9.30. The quantitative estimate of drug-likeness (QED) is 0.304. The van der Waals surface area contributed by atoms with Crippen LogP contribution in [0.3, 0.4) is 0 Å². The first-order valence-electron chi connectivity index (χ1n) is 7.45. The third-order valence-electron chi connectivity index (χ3n) is 3.25. The van der Waals surface area contributed by atoms with Crippen molar-refractivity contribution >= 4 is 46.0 Å². The molecule has 0 aliphatic carbocycles. The van der Waals surface area contributed by atoms with Crippen molar-refractivity contribution in [1.29, 1.82) is 0 Å². The summed E-state index contributed by atoms with van der Waals surface area (Å²) < 4.78 is 77.7. The van der Waals surface area contributed by atoms with Gasteiger partial charge >= 0.3 is 12.4 Å². The summed E-state index contributed by atoms with van der Waals surface area (Å²) in [4.78, 5) is 0. The number of halogens is 6. The second kappa shape index (κ2) is 8.61. The molecule has 0 aliphatic heterocycles. The van der Waals surface area contributed by atoms with Gasteiger partial charge in [0.05, 0.1) is 22.5 Å². The predicted octanol–water partition coefficient (Wildman–Crippen LogP) is 4.91. The van der Waals surface area contributed by atoms with E-state index in [1.54, 1.807) is 0 Å². The fourth-order valence-electron chi connectivity index (χ4n) is 2.10. The molecule has 0 saturated carbocycles. The lowest BCUT2D eigenvalue weighted by molar-refractivity contribution is -0.137. The van der Waals surface area contributed by atoms with E-state index >= 15 is 0 Å². The van der Waals surface area contributed by atoms with Gasteiger partial charge in [0.2, 0.25) is 0 Å². The van der Waals surface area contributed by atoms with Crippen molar-refractivity contribution in [2.24, 2.45) is 0 Å². The lowest BCUT2D eigenvalue weighted by atomic mass is 10.1. The molecule has 0 spiro atoms. The maximum Gasteiger partial charge on any atom is 0.418 e. The number of benzene rings is 2. The van der Waals surface area contributed by atoms with E-state index < -0.39 is 23.5 Å². The van der Waals surface area contributed by atoms with Crippen molar-refractivity contribution < 1.29 is 26.3 Å². The molecule has 0 bridgehead atoms. The molecule has 0 saturated heterocycles. The van der Waals surface area contributed by atoms with Crippen LogP contribution in [0, 0.1) is 0 Å². The molecule has 4 N–H and O–H groups in total. The molecule has 12 heteroatoms. The molecule has 0 heterocycles. The molecule has 0 aliphatic rings. The zero-order valence-corrected chi connectivity index (χ0v) is 15.3. The zero-order chi connectivity index (χ0) is 20.9. The summed E-state index contributed by atoms with van der Waals surface area (Å²) >= 11 is 9.73. The summed E-state index contributed by atoms with van der Waals surface area (Å²) in [6.07, 6.45) is -9.18. The average molecular weight is 438 g/mol. The summed E-state index contributed by atoms with van der Waals surface area (Å²) in [6.45, 7) is 0. The number of hydrogen-bond donors (Lipinski definition) is 4. The Morgan fingerprint density at radius 2 is 0.929 bits per heavy atom. The van der Waals surface area contributed by atoms with Crippen LogP contribution in [0.1, 0.15) is 11.1 Å². The summed E-state index contributed by atoms with van der Waals surface area (Å²) in [5.41, 5.74) is 2.16. The molecule has 28 heavy (non-hydrogen) atoms. The van der Waals surface area contributed by atoms with Crippen molar-refractivity contribution in [3.05, 3.63) is 59.7 Å². The Morgan fingerprint density at radius 3 is 1.25 bits per heavy atom. The van der Waals surface area contributed by atoms with Crippen LogP contribution in [-0.4, -0.2) is 10.2 Å². The number of para-hydroxylation sites is 2. The average Bonchev–Trinajstić information content (AvgIpc) is 2.59. The third-order valence-corrected chi connectivity index (χ3v) is 3.66. The van der Waals surface area contributed by atoms with Crippen LogP contribution in [0.2, 0.25) is 0 Å². The van der Waals surface area contributed by atoms with Crippen molar-refractivity contribution in [3.63, 3.8) is 0 Å². The second-order valence-electron chi connectivity index (χ2n) is 5.24. The van der Waals surface area contributed by atoms with Gasteiger partial charge in [0.1, 0.15) is 0 Å². The van der Waals surface area contributed by atoms with Crippen LogP contribution in [-0.2, 0) is 12.4 Å². The van der Waals surface area contributed by atoms with Crippen LogP contribution in [0.25, 0.3) is 0 Å². The number of alkyl halides is 6. The maximum absolute atomic E-state index is 12.9. The molecule has 0 unspecified atom stereocenters. The fraction of sp³-hybridized carbons (Fsp3) is 0.125. The molecule has 0 amide bonds. The number of hydrogen-bond acceptors (Lipinski definition) is 2. The van der Waals surface area contributed by atoms with E-state index in [-0.39, 0.29) is 21.6 Å². The Bertz CT molecular complexity index is 795. The Labute approximate surface area is 166 Å². The molecule has 4 nitrogen and oxygen atoms in total. The normalized spacial score (nSPS) is 11.5. The first-order chi connectivity index (χ1) is 13.0. The molecule has 2 rings (SSSR count).